The Bertz CT molecular complexity index is 591. The number of amides is 1. The minimum absolute atomic E-state index is 0.0988. The van der Waals surface area contributed by atoms with Crippen molar-refractivity contribution in [2.24, 2.45) is 5.92 Å². The first kappa shape index (κ1) is 17.1. The van der Waals surface area contributed by atoms with Crippen LogP contribution in [0.2, 0.25) is 0 Å². The van der Waals surface area contributed by atoms with E-state index >= 15 is 0 Å². The molecule has 0 spiro atoms. The summed E-state index contributed by atoms with van der Waals surface area (Å²) < 4.78 is 50.2. The largest absolute Gasteiger partial charge is 0.349 e. The zero-order valence-electron chi connectivity index (χ0n) is 13.3. The van der Waals surface area contributed by atoms with Crippen LogP contribution in [0.15, 0.2) is 0 Å². The third-order valence-electron chi connectivity index (χ3n) is 3.99. The topological polar surface area (TPSA) is 109 Å². The van der Waals surface area contributed by atoms with Gasteiger partial charge in [0.1, 0.15) is 24.5 Å². The van der Waals surface area contributed by atoms with Crippen LogP contribution < -0.4 is 5.32 Å². The van der Waals surface area contributed by atoms with Crippen LogP contribution in [0, 0.1) is 5.92 Å². The van der Waals surface area contributed by atoms with E-state index in [1.807, 2.05) is 0 Å². The maximum absolute atomic E-state index is 11.3. The van der Waals surface area contributed by atoms with E-state index in [0.29, 0.717) is 0 Å². The molecule has 3 fully saturated rings. The van der Waals surface area contributed by atoms with Crippen molar-refractivity contribution in [2.45, 2.75) is 57.4 Å². The molecule has 3 rings (SSSR count). The summed E-state index contributed by atoms with van der Waals surface area (Å²) >= 11 is 0. The zero-order chi connectivity index (χ0) is 17.0. The Hall–Kier alpha value is -0.780. The molecule has 6 atom stereocenters. The molecule has 0 aromatic heterocycles. The van der Waals surface area contributed by atoms with Gasteiger partial charge in [0.15, 0.2) is 12.1 Å². The van der Waals surface area contributed by atoms with Crippen molar-refractivity contribution >= 4 is 16.0 Å². The summed E-state index contributed by atoms with van der Waals surface area (Å²) in [7, 11) is -3.61. The number of nitrogens with one attached hydrogen (secondary N) is 1. The molecule has 3 heterocycles. The Labute approximate surface area is 134 Å². The maximum Gasteiger partial charge on any atom is 0.264 e. The second-order valence-electron chi connectivity index (χ2n) is 6.45. The molecular weight excluding hydrogens is 330 g/mol. The number of hydrogen-bond donors (Lipinski definition) is 1. The average Bonchev–Trinajstić information content (AvgIpc) is 2.87. The van der Waals surface area contributed by atoms with Crippen molar-refractivity contribution in [3.63, 3.8) is 0 Å². The van der Waals surface area contributed by atoms with E-state index < -0.39 is 46.7 Å². The number of carbonyl (C=O) groups excluding carboxylic acids is 1. The van der Waals surface area contributed by atoms with E-state index in [2.05, 4.69) is 5.32 Å². The Kier molecular flexibility index (Phi) is 4.18. The van der Waals surface area contributed by atoms with Crippen molar-refractivity contribution in [2.75, 3.05) is 12.9 Å². The van der Waals surface area contributed by atoms with Gasteiger partial charge >= 0.3 is 0 Å². The molecule has 0 aromatic rings. The molecule has 0 saturated carbocycles. The van der Waals surface area contributed by atoms with Crippen LogP contribution in [-0.2, 0) is 38.0 Å². The number of fused-ring (bicyclic) bond motifs is 1. The van der Waals surface area contributed by atoms with E-state index in [9.17, 15) is 13.2 Å². The van der Waals surface area contributed by atoms with Gasteiger partial charge in [-0.25, -0.2) is 0 Å². The maximum atomic E-state index is 11.3. The highest BCUT2D eigenvalue weighted by molar-refractivity contribution is 7.85. The third-order valence-corrected chi connectivity index (χ3v) is 4.55. The minimum Gasteiger partial charge on any atom is -0.349 e. The molecule has 0 bridgehead atoms. The Morgan fingerprint density at radius 3 is 2.57 bits per heavy atom. The molecule has 0 unspecified atom stereocenters. The first-order valence-electron chi connectivity index (χ1n) is 7.37. The Morgan fingerprint density at radius 1 is 1.30 bits per heavy atom. The summed E-state index contributed by atoms with van der Waals surface area (Å²) in [6.45, 7) is 5.04. The van der Waals surface area contributed by atoms with Crippen molar-refractivity contribution in [1.82, 2.24) is 5.32 Å². The van der Waals surface area contributed by atoms with Crippen LogP contribution in [0.1, 0.15) is 20.8 Å². The predicted molar refractivity (Wildman–Crippen MR) is 75.5 cm³/mol. The van der Waals surface area contributed by atoms with Gasteiger partial charge in [-0.1, -0.05) is 0 Å². The van der Waals surface area contributed by atoms with Gasteiger partial charge in [0.05, 0.1) is 18.8 Å². The molecule has 23 heavy (non-hydrogen) atoms. The summed E-state index contributed by atoms with van der Waals surface area (Å²) in [4.78, 5) is 11.3. The average molecular weight is 351 g/mol. The fraction of sp³-hybridized carbons (Fsp3) is 0.923. The van der Waals surface area contributed by atoms with Gasteiger partial charge in [0.2, 0.25) is 5.91 Å². The minimum atomic E-state index is -3.61. The number of β-lactam (4-membered cyclic amide) rings is 1. The van der Waals surface area contributed by atoms with E-state index in [4.69, 9.17) is 23.1 Å². The molecule has 1 N–H and O–H groups in total. The number of hydrogen-bond acceptors (Lipinski definition) is 8. The molecule has 3 saturated heterocycles. The lowest BCUT2D eigenvalue weighted by atomic mass is 10.0. The highest BCUT2D eigenvalue weighted by Gasteiger charge is 2.57. The zero-order valence-corrected chi connectivity index (χ0v) is 14.2. The molecule has 1 amide bonds. The first-order valence-corrected chi connectivity index (χ1v) is 9.19. The highest BCUT2D eigenvalue weighted by Crippen LogP contribution is 2.40. The lowest BCUT2D eigenvalue weighted by Crippen LogP contribution is -2.60. The number of rotatable bonds is 5. The smallest absolute Gasteiger partial charge is 0.264 e. The molecule has 10 heteroatoms. The molecule has 3 aliphatic heterocycles. The Morgan fingerprint density at radius 2 is 2.00 bits per heavy atom. The highest BCUT2D eigenvalue weighted by atomic mass is 32.2. The van der Waals surface area contributed by atoms with Gasteiger partial charge < -0.3 is 24.3 Å². The van der Waals surface area contributed by atoms with Crippen LogP contribution in [0.25, 0.3) is 0 Å². The summed E-state index contributed by atoms with van der Waals surface area (Å²) in [5, 5.41) is 2.64. The molecule has 0 aliphatic carbocycles. The van der Waals surface area contributed by atoms with Crippen LogP contribution >= 0.6 is 0 Å². The second-order valence-corrected chi connectivity index (χ2v) is 8.09. The summed E-state index contributed by atoms with van der Waals surface area (Å²) in [6, 6.07) is 0. The number of carbonyl (C=O) groups is 1. The van der Waals surface area contributed by atoms with Crippen LogP contribution in [0.3, 0.4) is 0 Å². The van der Waals surface area contributed by atoms with Gasteiger partial charge in [-0.3, -0.25) is 8.98 Å². The lowest BCUT2D eigenvalue weighted by Gasteiger charge is -2.37. The van der Waals surface area contributed by atoms with E-state index in [-0.39, 0.29) is 18.4 Å². The molecule has 9 nitrogen and oxygen atoms in total. The monoisotopic (exact) mass is 351 g/mol. The SMILES string of the molecule is C[C@@H]1C(=O)N[C@@H]1O[C@@H]1[C@H]2OC(C)(C)O[C@H]2O[C@@H]1COS(C)(=O)=O. The van der Waals surface area contributed by atoms with Crippen molar-refractivity contribution in [3.05, 3.63) is 0 Å². The van der Waals surface area contributed by atoms with Gasteiger partial charge in [0.25, 0.3) is 10.1 Å². The van der Waals surface area contributed by atoms with Gasteiger partial charge in [0, 0.05) is 0 Å². The molecule has 0 radical (unpaired) electrons. The first-order chi connectivity index (χ1) is 10.6. The standard InChI is InChI=1S/C13H21NO8S/c1-6-10(15)14-11(6)20-8-7(5-18-23(4,16)17)19-12-9(8)21-13(2,3)22-12/h6-9,11-12H,5H2,1-4H3,(H,14,15)/t6-,7-,8+,9-,11-,12-/m1/s1. The van der Waals surface area contributed by atoms with Crippen molar-refractivity contribution < 1.29 is 36.3 Å². The van der Waals surface area contributed by atoms with E-state index in [1.54, 1.807) is 20.8 Å². The molecule has 132 valence electrons. The van der Waals surface area contributed by atoms with Crippen LogP contribution in [0.4, 0.5) is 0 Å². The van der Waals surface area contributed by atoms with Gasteiger partial charge in [-0.05, 0) is 20.8 Å². The van der Waals surface area contributed by atoms with E-state index in [1.165, 1.54) is 0 Å². The summed E-state index contributed by atoms with van der Waals surface area (Å²) in [6.07, 6.45) is -2.00. The van der Waals surface area contributed by atoms with Crippen molar-refractivity contribution in [1.29, 1.82) is 0 Å². The molecule has 0 aromatic carbocycles. The van der Waals surface area contributed by atoms with Crippen LogP contribution in [0.5, 0.6) is 0 Å². The molecule has 3 aliphatic rings. The fourth-order valence-corrected chi connectivity index (χ4v) is 3.18. The quantitative estimate of drug-likeness (QED) is 0.512. The Balaban J connectivity index is 1.70. The lowest BCUT2D eigenvalue weighted by molar-refractivity contribution is -0.230. The fourth-order valence-electron chi connectivity index (χ4n) is 2.80. The van der Waals surface area contributed by atoms with Gasteiger partial charge in [-0.2, -0.15) is 8.42 Å². The number of ether oxygens (including phenoxy) is 4. The summed E-state index contributed by atoms with van der Waals surface area (Å²) in [5.41, 5.74) is 0. The summed E-state index contributed by atoms with van der Waals surface area (Å²) in [5.74, 6) is -1.21. The normalized spacial score (nSPS) is 42.2. The van der Waals surface area contributed by atoms with Crippen molar-refractivity contribution in [3.8, 4) is 0 Å². The second kappa shape index (κ2) is 5.64. The predicted octanol–water partition coefficient (Wildman–Crippen LogP) is -0.684. The van der Waals surface area contributed by atoms with Crippen LogP contribution in [-0.4, -0.2) is 63.8 Å². The van der Waals surface area contributed by atoms with Gasteiger partial charge in [-0.15, -0.1) is 0 Å². The third kappa shape index (κ3) is 3.52. The van der Waals surface area contributed by atoms with E-state index in [0.717, 1.165) is 6.26 Å². The molecular formula is C13H21NO8S.